The molecule has 15 heavy (non-hydrogen) atoms. The first kappa shape index (κ1) is 7.92. The number of nitrogens with zero attached hydrogens (tertiary/aromatic N) is 2. The highest BCUT2D eigenvalue weighted by molar-refractivity contribution is 5.98. The maximum absolute atomic E-state index is 11.1. The smallest absolute Gasteiger partial charge is 0.314 e. The monoisotopic (exact) mass is 204 g/mol. The van der Waals surface area contributed by atoms with Crippen LogP contribution in [0.1, 0.15) is 0 Å². The molecule has 3 aromatic rings. The van der Waals surface area contributed by atoms with Crippen LogP contribution in [-0.2, 0) is 0 Å². The summed E-state index contributed by atoms with van der Waals surface area (Å²) in [4.78, 5) is 27.0. The first-order valence-electron chi connectivity index (χ1n) is 4.13. The molecule has 0 amide bonds. The molecule has 2 N–H and O–H groups in total. The first-order valence-corrected chi connectivity index (χ1v) is 4.13. The van der Waals surface area contributed by atoms with E-state index in [0.717, 1.165) is 0 Å². The number of nitrogens with one attached hydrogen (secondary N) is 2. The Bertz CT molecular complexity index is 766. The second-order valence-electron chi connectivity index (χ2n) is 3.03. The standard InChI is InChI=1S/C8H4N4O3/c13-7-8(14)10-5-3(9-7)1-2-4-6(5)12-15-11-4/h1-2H,(H,9,13)(H,10,14). The normalized spacial score (nSPS) is 11.2. The highest BCUT2D eigenvalue weighted by Crippen LogP contribution is 2.16. The number of fused-ring (bicyclic) bond motifs is 3. The maximum Gasteiger partial charge on any atom is 0.314 e. The van der Waals surface area contributed by atoms with E-state index in [0.29, 0.717) is 22.1 Å². The van der Waals surface area contributed by atoms with Crippen LogP contribution in [0.5, 0.6) is 0 Å². The summed E-state index contributed by atoms with van der Waals surface area (Å²) in [7, 11) is 0. The molecule has 1 aromatic carbocycles. The first-order chi connectivity index (χ1) is 7.25. The quantitative estimate of drug-likeness (QED) is 0.491. The lowest BCUT2D eigenvalue weighted by Gasteiger charge is -1.94. The molecule has 0 aliphatic carbocycles. The highest BCUT2D eigenvalue weighted by Gasteiger charge is 2.07. The molecule has 2 heterocycles. The minimum absolute atomic E-state index is 0.415. The zero-order chi connectivity index (χ0) is 10.4. The molecule has 0 aliphatic heterocycles. The van der Waals surface area contributed by atoms with Gasteiger partial charge in [0.2, 0.25) is 0 Å². The summed E-state index contributed by atoms with van der Waals surface area (Å²) < 4.78 is 4.53. The number of aromatic amines is 2. The van der Waals surface area contributed by atoms with Crippen LogP contribution >= 0.6 is 0 Å². The average Bonchev–Trinajstić information content (AvgIpc) is 2.68. The molecule has 0 atom stereocenters. The molecule has 0 unspecified atom stereocenters. The summed E-state index contributed by atoms with van der Waals surface area (Å²) in [6, 6.07) is 3.27. The second kappa shape index (κ2) is 2.53. The molecule has 7 heteroatoms. The van der Waals surface area contributed by atoms with E-state index in [1.54, 1.807) is 12.1 Å². The van der Waals surface area contributed by atoms with Crippen LogP contribution in [0.2, 0.25) is 0 Å². The van der Waals surface area contributed by atoms with Crippen LogP contribution < -0.4 is 11.1 Å². The lowest BCUT2D eigenvalue weighted by atomic mass is 10.2. The van der Waals surface area contributed by atoms with Gasteiger partial charge in [-0.25, -0.2) is 4.63 Å². The van der Waals surface area contributed by atoms with Gasteiger partial charge in [-0.3, -0.25) is 9.59 Å². The van der Waals surface area contributed by atoms with Crippen molar-refractivity contribution in [3.63, 3.8) is 0 Å². The van der Waals surface area contributed by atoms with Crippen LogP contribution in [0.25, 0.3) is 22.1 Å². The van der Waals surface area contributed by atoms with E-state index in [9.17, 15) is 9.59 Å². The number of rotatable bonds is 0. The number of H-pyrrole nitrogens is 2. The van der Waals surface area contributed by atoms with E-state index in [-0.39, 0.29) is 0 Å². The van der Waals surface area contributed by atoms with E-state index in [1.807, 2.05) is 0 Å². The summed E-state index contributed by atoms with van der Waals surface area (Å²) in [6.07, 6.45) is 0. The van der Waals surface area contributed by atoms with Crippen LogP contribution in [0.15, 0.2) is 26.4 Å². The molecule has 2 aromatic heterocycles. The minimum atomic E-state index is -0.724. The fourth-order valence-corrected chi connectivity index (χ4v) is 1.43. The van der Waals surface area contributed by atoms with Gasteiger partial charge in [0, 0.05) is 0 Å². The van der Waals surface area contributed by atoms with E-state index in [4.69, 9.17) is 0 Å². The van der Waals surface area contributed by atoms with Gasteiger partial charge in [0.25, 0.3) is 0 Å². The molecule has 0 radical (unpaired) electrons. The Morgan fingerprint density at radius 1 is 1.07 bits per heavy atom. The van der Waals surface area contributed by atoms with E-state index in [2.05, 4.69) is 24.9 Å². The van der Waals surface area contributed by atoms with Gasteiger partial charge in [-0.15, -0.1) is 0 Å². The van der Waals surface area contributed by atoms with Crippen molar-refractivity contribution >= 4 is 22.1 Å². The fraction of sp³-hybridized carbons (Fsp3) is 0. The molecule has 0 aliphatic rings. The Hall–Kier alpha value is -2.44. The average molecular weight is 204 g/mol. The van der Waals surface area contributed by atoms with Crippen molar-refractivity contribution in [3.05, 3.63) is 32.8 Å². The maximum atomic E-state index is 11.1. The van der Waals surface area contributed by atoms with E-state index < -0.39 is 11.1 Å². The Balaban J connectivity index is 2.68. The highest BCUT2D eigenvalue weighted by atomic mass is 16.6. The van der Waals surface area contributed by atoms with Crippen LogP contribution in [0.4, 0.5) is 0 Å². The molecule has 0 saturated carbocycles. The van der Waals surface area contributed by atoms with Gasteiger partial charge < -0.3 is 9.97 Å². The molecular formula is C8H4N4O3. The number of benzene rings is 1. The molecule has 0 spiro atoms. The summed E-state index contributed by atoms with van der Waals surface area (Å²) in [5.74, 6) is 0. The summed E-state index contributed by atoms with van der Waals surface area (Å²) in [5.41, 5.74) is 0.420. The van der Waals surface area contributed by atoms with Crippen LogP contribution in [-0.4, -0.2) is 20.3 Å². The van der Waals surface area contributed by atoms with Crippen molar-refractivity contribution in [2.45, 2.75) is 0 Å². The van der Waals surface area contributed by atoms with Gasteiger partial charge in [0.15, 0.2) is 5.52 Å². The molecule has 74 valence electrons. The number of aromatic nitrogens is 4. The van der Waals surface area contributed by atoms with Gasteiger partial charge >= 0.3 is 11.1 Å². The molecule has 0 fully saturated rings. The predicted molar refractivity (Wildman–Crippen MR) is 50.6 cm³/mol. The van der Waals surface area contributed by atoms with Crippen molar-refractivity contribution in [2.75, 3.05) is 0 Å². The zero-order valence-corrected chi connectivity index (χ0v) is 7.27. The van der Waals surface area contributed by atoms with Crippen LogP contribution in [0.3, 0.4) is 0 Å². The Labute approximate surface area is 80.7 Å². The minimum Gasteiger partial charge on any atom is -0.316 e. The third kappa shape index (κ3) is 0.997. The summed E-state index contributed by atoms with van der Waals surface area (Å²) >= 11 is 0. The Morgan fingerprint density at radius 2 is 1.87 bits per heavy atom. The van der Waals surface area contributed by atoms with E-state index >= 15 is 0 Å². The SMILES string of the molecule is O=c1[nH]c2ccc3nonc3c2[nH]c1=O. The van der Waals surface area contributed by atoms with Gasteiger partial charge in [0.1, 0.15) is 5.52 Å². The molecule has 0 saturated heterocycles. The Kier molecular flexibility index (Phi) is 1.34. The predicted octanol–water partition coefficient (Wildman–Crippen LogP) is -0.247. The summed E-state index contributed by atoms with van der Waals surface area (Å²) in [6.45, 7) is 0. The fourth-order valence-electron chi connectivity index (χ4n) is 1.43. The van der Waals surface area contributed by atoms with Gasteiger partial charge in [-0.1, -0.05) is 0 Å². The van der Waals surface area contributed by atoms with Crippen LogP contribution in [0, 0.1) is 0 Å². The molecule has 3 rings (SSSR count). The lowest BCUT2D eigenvalue weighted by Crippen LogP contribution is -2.28. The zero-order valence-electron chi connectivity index (χ0n) is 7.27. The van der Waals surface area contributed by atoms with Crippen molar-refractivity contribution in [2.24, 2.45) is 0 Å². The number of hydrogen-bond acceptors (Lipinski definition) is 5. The largest absolute Gasteiger partial charge is 0.316 e. The van der Waals surface area contributed by atoms with E-state index in [1.165, 1.54) is 0 Å². The third-order valence-electron chi connectivity index (χ3n) is 2.12. The molecule has 0 bridgehead atoms. The van der Waals surface area contributed by atoms with Crippen molar-refractivity contribution < 1.29 is 4.63 Å². The summed E-state index contributed by atoms with van der Waals surface area (Å²) in [5, 5.41) is 7.26. The lowest BCUT2D eigenvalue weighted by molar-refractivity contribution is 0.315. The van der Waals surface area contributed by atoms with Crippen molar-refractivity contribution in [1.29, 1.82) is 0 Å². The molecular weight excluding hydrogens is 200 g/mol. The van der Waals surface area contributed by atoms with Gasteiger partial charge in [0.05, 0.1) is 11.0 Å². The number of hydrogen-bond donors (Lipinski definition) is 2. The van der Waals surface area contributed by atoms with Crippen molar-refractivity contribution in [1.82, 2.24) is 20.3 Å². The Morgan fingerprint density at radius 3 is 2.73 bits per heavy atom. The third-order valence-corrected chi connectivity index (χ3v) is 2.12. The second-order valence-corrected chi connectivity index (χ2v) is 3.03. The topological polar surface area (TPSA) is 105 Å². The molecule has 7 nitrogen and oxygen atoms in total. The van der Waals surface area contributed by atoms with Crippen molar-refractivity contribution in [3.8, 4) is 0 Å². The van der Waals surface area contributed by atoms with Gasteiger partial charge in [-0.05, 0) is 22.4 Å². The van der Waals surface area contributed by atoms with Gasteiger partial charge in [-0.2, -0.15) is 0 Å².